The minimum Gasteiger partial charge on any atom is -0.484 e. The van der Waals surface area contributed by atoms with Gasteiger partial charge in [0.2, 0.25) is 0 Å². The number of rotatable bonds is 7. The van der Waals surface area contributed by atoms with Crippen LogP contribution in [0.4, 0.5) is 0 Å². The molecule has 8 heteroatoms. The highest BCUT2D eigenvalue weighted by Gasteiger charge is 2.69. The van der Waals surface area contributed by atoms with Crippen molar-refractivity contribution in [2.24, 2.45) is 0 Å². The Kier molecular flexibility index (Phi) is 5.17. The van der Waals surface area contributed by atoms with Gasteiger partial charge in [0.1, 0.15) is 5.75 Å². The van der Waals surface area contributed by atoms with Crippen molar-refractivity contribution in [3.8, 4) is 5.75 Å². The third kappa shape index (κ3) is 4.05. The van der Waals surface area contributed by atoms with E-state index < -0.39 is 0 Å². The molecule has 0 saturated heterocycles. The van der Waals surface area contributed by atoms with Crippen LogP contribution in [0, 0.1) is 0 Å². The summed E-state index contributed by atoms with van der Waals surface area (Å²) in [6.07, 6.45) is 6.36. The molecule has 152 valence electrons. The quantitative estimate of drug-likeness (QED) is 0.699. The number of pyridine rings is 1. The second kappa shape index (κ2) is 7.50. The van der Waals surface area contributed by atoms with Gasteiger partial charge in [-0.05, 0) is 49.4 Å². The molecule has 0 spiro atoms. The van der Waals surface area contributed by atoms with Crippen LogP contribution in [0.15, 0.2) is 36.7 Å². The van der Waals surface area contributed by atoms with E-state index in [1.165, 1.54) is 0 Å². The van der Waals surface area contributed by atoms with Gasteiger partial charge in [0.15, 0.2) is 6.61 Å². The fourth-order valence-corrected chi connectivity index (χ4v) is 4.51. The molecule has 0 unspecified atom stereocenters. The maximum Gasteiger partial charge on any atom is 0.258 e. The first kappa shape index (κ1) is 20.0. The van der Waals surface area contributed by atoms with Crippen LogP contribution < -0.4 is 15.4 Å². The van der Waals surface area contributed by atoms with E-state index in [1.54, 1.807) is 30.6 Å². The number of nitrogens with one attached hydrogen (secondary N) is 2. The monoisotopic (exact) mass is 433 g/mol. The average molecular weight is 434 g/mol. The van der Waals surface area contributed by atoms with Crippen LogP contribution in [0.1, 0.15) is 42.1 Å². The van der Waals surface area contributed by atoms with E-state index in [4.69, 9.17) is 27.9 Å². The molecule has 2 aromatic rings. The molecule has 1 aromatic heterocycles. The van der Waals surface area contributed by atoms with Crippen LogP contribution in [0.2, 0.25) is 10.0 Å². The molecule has 3 saturated carbocycles. The van der Waals surface area contributed by atoms with Gasteiger partial charge >= 0.3 is 0 Å². The van der Waals surface area contributed by atoms with Crippen molar-refractivity contribution in [3.05, 3.63) is 57.8 Å². The van der Waals surface area contributed by atoms with Crippen molar-refractivity contribution in [3.63, 3.8) is 0 Å². The number of amides is 2. The van der Waals surface area contributed by atoms with E-state index in [-0.39, 0.29) is 29.5 Å². The Morgan fingerprint density at radius 1 is 1.07 bits per heavy atom. The number of hydrogen-bond acceptors (Lipinski definition) is 4. The number of carbonyl (C=O) groups is 2. The summed E-state index contributed by atoms with van der Waals surface area (Å²) in [5.41, 5.74) is 1.13. The number of aromatic nitrogens is 1. The number of halogens is 2. The summed E-state index contributed by atoms with van der Waals surface area (Å²) in [5, 5.41) is 6.94. The van der Waals surface area contributed by atoms with Crippen LogP contribution in [0.3, 0.4) is 0 Å². The molecule has 29 heavy (non-hydrogen) atoms. The highest BCUT2D eigenvalue weighted by atomic mass is 35.5. The minimum absolute atomic E-state index is 0.103. The summed E-state index contributed by atoms with van der Waals surface area (Å²) in [6, 6.07) is 6.72. The maximum absolute atomic E-state index is 12.5. The third-order valence-corrected chi connectivity index (χ3v) is 6.28. The third-order valence-electron chi connectivity index (χ3n) is 5.54. The van der Waals surface area contributed by atoms with E-state index in [0.29, 0.717) is 21.4 Å². The number of carbonyl (C=O) groups excluding carboxylic acids is 2. The predicted octanol–water partition coefficient (Wildman–Crippen LogP) is 3.55. The fourth-order valence-electron chi connectivity index (χ4n) is 4.22. The first-order valence-electron chi connectivity index (χ1n) is 9.47. The zero-order valence-electron chi connectivity index (χ0n) is 15.9. The second-order valence-electron chi connectivity index (χ2n) is 7.89. The number of aryl methyl sites for hydroxylation is 1. The smallest absolute Gasteiger partial charge is 0.258 e. The lowest BCUT2D eigenvalue weighted by Gasteiger charge is -2.70. The van der Waals surface area contributed by atoms with Gasteiger partial charge in [-0.15, -0.1) is 0 Å². The molecule has 1 heterocycles. The molecule has 0 radical (unpaired) electrons. The lowest BCUT2D eigenvalue weighted by Crippen LogP contribution is -2.84. The zero-order valence-corrected chi connectivity index (χ0v) is 17.4. The molecule has 0 aliphatic heterocycles. The lowest BCUT2D eigenvalue weighted by atomic mass is 9.44. The molecule has 3 fully saturated rings. The van der Waals surface area contributed by atoms with E-state index in [2.05, 4.69) is 15.6 Å². The summed E-state index contributed by atoms with van der Waals surface area (Å²) < 4.78 is 5.47. The second-order valence-corrected chi connectivity index (χ2v) is 8.71. The van der Waals surface area contributed by atoms with E-state index >= 15 is 0 Å². The molecule has 6 nitrogen and oxygen atoms in total. The normalized spacial score (nSPS) is 24.1. The molecule has 5 rings (SSSR count). The SMILES string of the molecule is CCc1cncc(C(=O)NC23CC(NC(=O)COc4ccc(Cl)c(Cl)c4)(C2)C3)c1. The molecule has 2 bridgehead atoms. The van der Waals surface area contributed by atoms with Crippen LogP contribution >= 0.6 is 23.2 Å². The van der Waals surface area contributed by atoms with Gasteiger partial charge in [-0.3, -0.25) is 14.6 Å². The Bertz CT molecular complexity index is 960. The topological polar surface area (TPSA) is 80.3 Å². The summed E-state index contributed by atoms with van der Waals surface area (Å²) >= 11 is 11.8. The van der Waals surface area contributed by atoms with Gasteiger partial charge in [0.25, 0.3) is 11.8 Å². The number of hydrogen-bond donors (Lipinski definition) is 2. The van der Waals surface area contributed by atoms with Gasteiger partial charge in [0, 0.05) is 29.5 Å². The van der Waals surface area contributed by atoms with Gasteiger partial charge in [-0.1, -0.05) is 30.1 Å². The van der Waals surface area contributed by atoms with Crippen molar-refractivity contribution in [1.82, 2.24) is 15.6 Å². The van der Waals surface area contributed by atoms with Crippen molar-refractivity contribution in [2.45, 2.75) is 43.7 Å². The summed E-state index contributed by atoms with van der Waals surface area (Å²) in [4.78, 5) is 28.9. The van der Waals surface area contributed by atoms with E-state index in [9.17, 15) is 9.59 Å². The van der Waals surface area contributed by atoms with Crippen LogP contribution in [-0.4, -0.2) is 34.5 Å². The summed E-state index contributed by atoms with van der Waals surface area (Å²) in [5.74, 6) is 0.171. The molecule has 0 atom stereocenters. The highest BCUT2D eigenvalue weighted by molar-refractivity contribution is 6.42. The Balaban J connectivity index is 1.24. The van der Waals surface area contributed by atoms with Crippen LogP contribution in [0.5, 0.6) is 5.75 Å². The first-order chi connectivity index (χ1) is 13.8. The molecule has 3 aliphatic carbocycles. The fraction of sp³-hybridized carbons (Fsp3) is 0.381. The highest BCUT2D eigenvalue weighted by Crippen LogP contribution is 2.60. The molecular formula is C21H21Cl2N3O3. The predicted molar refractivity (Wildman–Crippen MR) is 110 cm³/mol. The van der Waals surface area contributed by atoms with Crippen LogP contribution in [0.25, 0.3) is 0 Å². The molecule has 2 amide bonds. The van der Waals surface area contributed by atoms with Crippen molar-refractivity contribution >= 4 is 35.0 Å². The van der Waals surface area contributed by atoms with E-state index in [1.807, 2.05) is 13.0 Å². The summed E-state index contributed by atoms with van der Waals surface area (Å²) in [6.45, 7) is 1.92. The Morgan fingerprint density at radius 3 is 2.48 bits per heavy atom. The first-order valence-corrected chi connectivity index (χ1v) is 10.2. The Morgan fingerprint density at radius 2 is 1.79 bits per heavy atom. The van der Waals surface area contributed by atoms with Crippen LogP contribution in [-0.2, 0) is 11.2 Å². The number of ether oxygens (including phenoxy) is 1. The van der Waals surface area contributed by atoms with Gasteiger partial charge < -0.3 is 15.4 Å². The molecule has 3 aliphatic rings. The standard InChI is InChI=1S/C21H21Cl2N3O3/c1-2-13-5-14(8-24-7-13)19(28)26-21-10-20(11-21,12-21)25-18(27)9-29-15-3-4-16(22)17(23)6-15/h3-8H,2,9-12H2,1H3,(H,25,27)(H,26,28). The van der Waals surface area contributed by atoms with Gasteiger partial charge in [-0.2, -0.15) is 0 Å². The number of nitrogens with zero attached hydrogens (tertiary/aromatic N) is 1. The largest absolute Gasteiger partial charge is 0.484 e. The van der Waals surface area contributed by atoms with Gasteiger partial charge in [-0.25, -0.2) is 0 Å². The Labute approximate surface area is 178 Å². The minimum atomic E-state index is -0.241. The van der Waals surface area contributed by atoms with Crippen molar-refractivity contribution in [2.75, 3.05) is 6.61 Å². The molecule has 1 aromatic carbocycles. The average Bonchev–Trinajstić information content (AvgIpc) is 2.66. The maximum atomic E-state index is 12.5. The van der Waals surface area contributed by atoms with Gasteiger partial charge in [0.05, 0.1) is 15.6 Å². The van der Waals surface area contributed by atoms with Crippen molar-refractivity contribution in [1.29, 1.82) is 0 Å². The molecular weight excluding hydrogens is 413 g/mol. The lowest BCUT2D eigenvalue weighted by molar-refractivity contribution is -0.141. The zero-order chi connectivity index (χ0) is 20.6. The van der Waals surface area contributed by atoms with E-state index in [0.717, 1.165) is 31.2 Å². The number of benzene rings is 1. The van der Waals surface area contributed by atoms with Crippen molar-refractivity contribution < 1.29 is 14.3 Å². The molecule has 2 N–H and O–H groups in total. The summed E-state index contributed by atoms with van der Waals surface area (Å²) in [7, 11) is 0. The Hall–Kier alpha value is -2.31.